The van der Waals surface area contributed by atoms with Crippen molar-refractivity contribution in [3.63, 3.8) is 0 Å². The molecule has 0 fully saturated rings. The van der Waals surface area contributed by atoms with Gasteiger partial charge in [-0.2, -0.15) is 0 Å². The van der Waals surface area contributed by atoms with Crippen LogP contribution in [-0.2, 0) is 14.3 Å². The van der Waals surface area contributed by atoms with Crippen molar-refractivity contribution in [2.75, 3.05) is 6.61 Å². The Morgan fingerprint density at radius 2 is 2.05 bits per heavy atom. The molecule has 19 heavy (non-hydrogen) atoms. The lowest BCUT2D eigenvalue weighted by molar-refractivity contribution is -0.151. The lowest BCUT2D eigenvalue weighted by Gasteiger charge is -2.19. The summed E-state index contributed by atoms with van der Waals surface area (Å²) in [5, 5.41) is 0. The van der Waals surface area contributed by atoms with E-state index in [9.17, 15) is 9.59 Å². The molecule has 1 aliphatic rings. The van der Waals surface area contributed by atoms with Gasteiger partial charge >= 0.3 is 5.97 Å². The number of ether oxygens (including phenoxy) is 1. The van der Waals surface area contributed by atoms with E-state index in [0.29, 0.717) is 18.9 Å². The van der Waals surface area contributed by atoms with Crippen molar-refractivity contribution in [2.24, 2.45) is 11.8 Å². The predicted molar refractivity (Wildman–Crippen MR) is 75.7 cm³/mol. The molecule has 3 nitrogen and oxygen atoms in total. The monoisotopic (exact) mass is 264 g/mol. The second kappa shape index (κ2) is 6.69. The largest absolute Gasteiger partial charge is 0.465 e. The molecule has 1 unspecified atom stereocenters. The van der Waals surface area contributed by atoms with Gasteiger partial charge < -0.3 is 4.74 Å². The third-order valence-electron chi connectivity index (χ3n) is 3.86. The zero-order valence-electron chi connectivity index (χ0n) is 12.4. The number of carbonyl (C=O) groups excluding carboxylic acids is 2. The highest BCUT2D eigenvalue weighted by molar-refractivity contribution is 5.98. The average Bonchev–Trinajstić information content (AvgIpc) is 2.67. The maximum absolute atomic E-state index is 11.9. The smallest absolute Gasteiger partial charge is 0.316 e. The molecular formula is C16H24O3. The van der Waals surface area contributed by atoms with Crippen LogP contribution >= 0.6 is 0 Å². The van der Waals surface area contributed by atoms with Crippen molar-refractivity contribution in [1.29, 1.82) is 0 Å². The molecule has 0 radical (unpaired) electrons. The Kier molecular flexibility index (Phi) is 5.52. The molecule has 0 aromatic carbocycles. The normalized spacial score (nSPS) is 20.3. The number of esters is 1. The second-order valence-corrected chi connectivity index (χ2v) is 5.36. The maximum atomic E-state index is 11.9. The van der Waals surface area contributed by atoms with Gasteiger partial charge in [-0.3, -0.25) is 9.59 Å². The van der Waals surface area contributed by atoms with Crippen molar-refractivity contribution in [1.82, 2.24) is 0 Å². The Balaban J connectivity index is 2.90. The fraction of sp³-hybridized carbons (Fsp3) is 0.625. The molecule has 0 N–H and O–H groups in total. The highest BCUT2D eigenvalue weighted by Gasteiger charge is 2.31. The molecule has 0 aromatic rings. The van der Waals surface area contributed by atoms with Gasteiger partial charge in [-0.05, 0) is 47.0 Å². The average molecular weight is 264 g/mol. The van der Waals surface area contributed by atoms with Gasteiger partial charge in [0, 0.05) is 5.92 Å². The third-order valence-corrected chi connectivity index (χ3v) is 3.86. The zero-order valence-corrected chi connectivity index (χ0v) is 12.4. The lowest BCUT2D eigenvalue weighted by Crippen LogP contribution is -2.26. The number of Topliss-reactive ketones (excluding diaryl/α,β-unsaturated/α-hetero) is 1. The summed E-state index contributed by atoms with van der Waals surface area (Å²) in [5.41, 5.74) is 3.61. The van der Waals surface area contributed by atoms with Crippen LogP contribution < -0.4 is 0 Å². The number of carbonyl (C=O) groups is 2. The lowest BCUT2D eigenvalue weighted by atomic mass is 9.86. The molecule has 106 valence electrons. The summed E-state index contributed by atoms with van der Waals surface area (Å²) >= 11 is 0. The topological polar surface area (TPSA) is 43.4 Å². The molecular weight excluding hydrogens is 240 g/mol. The fourth-order valence-electron chi connectivity index (χ4n) is 2.71. The molecule has 0 saturated carbocycles. The Labute approximate surface area is 115 Å². The van der Waals surface area contributed by atoms with E-state index >= 15 is 0 Å². The van der Waals surface area contributed by atoms with Crippen LogP contribution in [0.5, 0.6) is 0 Å². The van der Waals surface area contributed by atoms with E-state index in [4.69, 9.17) is 4.74 Å². The minimum atomic E-state index is -0.662. The van der Waals surface area contributed by atoms with E-state index in [-0.39, 0.29) is 5.78 Å². The summed E-state index contributed by atoms with van der Waals surface area (Å²) in [4.78, 5) is 23.6. The zero-order chi connectivity index (χ0) is 14.6. The minimum absolute atomic E-state index is 0.119. The number of hydrogen-bond donors (Lipinski definition) is 0. The summed E-state index contributed by atoms with van der Waals surface area (Å²) in [6.07, 6.45) is 2.56. The molecule has 0 saturated heterocycles. The van der Waals surface area contributed by atoms with Crippen LogP contribution in [0.1, 0.15) is 47.0 Å². The van der Waals surface area contributed by atoms with Crippen molar-refractivity contribution in [3.05, 3.63) is 23.3 Å². The Bertz CT molecular complexity index is 418. The fourth-order valence-corrected chi connectivity index (χ4v) is 2.71. The number of ketones is 1. The first-order chi connectivity index (χ1) is 8.88. The quantitative estimate of drug-likeness (QED) is 0.419. The molecule has 0 spiro atoms. The van der Waals surface area contributed by atoms with Crippen LogP contribution in [0, 0.1) is 11.8 Å². The van der Waals surface area contributed by atoms with E-state index in [2.05, 4.69) is 13.5 Å². The molecule has 0 bridgehead atoms. The van der Waals surface area contributed by atoms with Crippen molar-refractivity contribution >= 4 is 11.8 Å². The van der Waals surface area contributed by atoms with Crippen LogP contribution in [0.15, 0.2) is 23.3 Å². The highest BCUT2D eigenvalue weighted by atomic mass is 16.5. The van der Waals surface area contributed by atoms with Crippen LogP contribution in [0.2, 0.25) is 0 Å². The van der Waals surface area contributed by atoms with Crippen LogP contribution in [0.4, 0.5) is 0 Å². The minimum Gasteiger partial charge on any atom is -0.465 e. The second-order valence-electron chi connectivity index (χ2n) is 5.36. The van der Waals surface area contributed by atoms with E-state index < -0.39 is 11.9 Å². The van der Waals surface area contributed by atoms with Gasteiger partial charge in [0.15, 0.2) is 0 Å². The number of hydrogen-bond acceptors (Lipinski definition) is 3. The van der Waals surface area contributed by atoms with Gasteiger partial charge in [0.2, 0.25) is 0 Å². The van der Waals surface area contributed by atoms with Crippen LogP contribution in [0.3, 0.4) is 0 Å². The van der Waals surface area contributed by atoms with Gasteiger partial charge in [0.25, 0.3) is 0 Å². The maximum Gasteiger partial charge on any atom is 0.316 e. The number of allylic oxidation sites excluding steroid dienone is 3. The van der Waals surface area contributed by atoms with Gasteiger partial charge in [0.1, 0.15) is 11.7 Å². The molecule has 0 heterocycles. The summed E-state index contributed by atoms with van der Waals surface area (Å²) in [6, 6.07) is 0. The molecule has 0 aromatic heterocycles. The first-order valence-corrected chi connectivity index (χ1v) is 6.89. The van der Waals surface area contributed by atoms with Crippen LogP contribution in [-0.4, -0.2) is 18.4 Å². The first-order valence-electron chi connectivity index (χ1n) is 6.89. The summed E-state index contributed by atoms with van der Waals surface area (Å²) in [6.45, 7) is 11.6. The van der Waals surface area contributed by atoms with Crippen LogP contribution in [0.25, 0.3) is 0 Å². The summed E-state index contributed by atoms with van der Waals surface area (Å²) < 4.78 is 5.00. The van der Waals surface area contributed by atoms with Gasteiger partial charge in [-0.1, -0.05) is 23.3 Å². The Morgan fingerprint density at radius 3 is 2.53 bits per heavy atom. The SMILES string of the molecule is C=C(C)[C@@H]1CCC(C)=C1CC(C(C)=O)C(=O)OCC. The summed E-state index contributed by atoms with van der Waals surface area (Å²) in [5.74, 6) is -0.866. The van der Waals surface area contributed by atoms with Gasteiger partial charge in [-0.25, -0.2) is 0 Å². The molecule has 2 atom stereocenters. The van der Waals surface area contributed by atoms with Crippen molar-refractivity contribution in [2.45, 2.75) is 47.0 Å². The molecule has 0 amide bonds. The van der Waals surface area contributed by atoms with Crippen molar-refractivity contribution in [3.8, 4) is 0 Å². The van der Waals surface area contributed by atoms with E-state index in [1.807, 2.05) is 6.92 Å². The van der Waals surface area contributed by atoms with Gasteiger partial charge in [0.05, 0.1) is 6.61 Å². The molecule has 3 heteroatoms. The predicted octanol–water partition coefficient (Wildman–Crippen LogP) is 3.45. The first kappa shape index (κ1) is 15.7. The van der Waals surface area contributed by atoms with Gasteiger partial charge in [-0.15, -0.1) is 0 Å². The highest BCUT2D eigenvalue weighted by Crippen LogP contribution is 2.39. The summed E-state index contributed by atoms with van der Waals surface area (Å²) in [7, 11) is 0. The Hall–Kier alpha value is -1.38. The molecule has 1 rings (SSSR count). The molecule has 0 aliphatic heterocycles. The van der Waals surface area contributed by atoms with Crippen molar-refractivity contribution < 1.29 is 14.3 Å². The standard InChI is InChI=1S/C16H24O3/c1-6-19-16(18)15(12(5)17)9-14-11(4)7-8-13(14)10(2)3/h13,15H,2,6-9H2,1,3-5H3/t13-,15?/m0/s1. The van der Waals surface area contributed by atoms with E-state index in [1.165, 1.54) is 18.1 Å². The molecule has 1 aliphatic carbocycles. The van der Waals surface area contributed by atoms with E-state index in [0.717, 1.165) is 18.4 Å². The Morgan fingerprint density at radius 1 is 1.42 bits per heavy atom. The van der Waals surface area contributed by atoms with E-state index in [1.54, 1.807) is 6.92 Å². The third kappa shape index (κ3) is 3.79. The number of rotatable bonds is 6.